The van der Waals surface area contributed by atoms with Gasteiger partial charge in [0.25, 0.3) is 0 Å². The highest BCUT2D eigenvalue weighted by Gasteiger charge is 2.16. The smallest absolute Gasteiger partial charge is 0.329 e. The number of hydrazone groups is 1. The van der Waals surface area contributed by atoms with E-state index in [9.17, 15) is 14.0 Å². The van der Waals surface area contributed by atoms with Crippen molar-refractivity contribution in [3.63, 3.8) is 0 Å². The van der Waals surface area contributed by atoms with Crippen LogP contribution in [0.1, 0.15) is 11.1 Å². The number of hydrogen-bond donors (Lipinski definition) is 2. The Morgan fingerprint density at radius 3 is 2.45 bits per heavy atom. The van der Waals surface area contributed by atoms with Gasteiger partial charge in [-0.3, -0.25) is 9.59 Å². The van der Waals surface area contributed by atoms with Crippen LogP contribution in [0, 0.1) is 5.82 Å². The van der Waals surface area contributed by atoms with Crippen LogP contribution in [0.4, 0.5) is 10.1 Å². The van der Waals surface area contributed by atoms with E-state index >= 15 is 0 Å². The number of benzene rings is 3. The first-order valence-electron chi connectivity index (χ1n) is 9.20. The largest absolute Gasteiger partial charge is 0.488 e. The number of carbonyl (C=O) groups is 2. The number of halogens is 5. The molecule has 0 heterocycles. The van der Waals surface area contributed by atoms with Crippen LogP contribution in [0.3, 0.4) is 0 Å². The van der Waals surface area contributed by atoms with Crippen molar-refractivity contribution in [3.05, 3.63) is 91.6 Å². The van der Waals surface area contributed by atoms with E-state index in [2.05, 4.69) is 15.8 Å². The van der Waals surface area contributed by atoms with Crippen LogP contribution in [-0.4, -0.2) is 18.0 Å². The molecule has 6 nitrogen and oxygen atoms in total. The highest BCUT2D eigenvalue weighted by molar-refractivity contribution is 6.45. The Hall–Kier alpha value is -2.84. The van der Waals surface area contributed by atoms with Gasteiger partial charge in [0.15, 0.2) is 0 Å². The third kappa shape index (κ3) is 6.58. The highest BCUT2D eigenvalue weighted by atomic mass is 35.5. The normalized spacial score (nSPS) is 10.8. The first-order valence-corrected chi connectivity index (χ1v) is 10.7. The van der Waals surface area contributed by atoms with E-state index in [0.29, 0.717) is 16.3 Å². The number of hydrogen-bond acceptors (Lipinski definition) is 4. The number of anilines is 1. The van der Waals surface area contributed by atoms with Crippen LogP contribution >= 0.6 is 46.4 Å². The fraction of sp³-hybridized carbons (Fsp3) is 0.0455. The second kappa shape index (κ2) is 11.3. The standard InChI is InChI=1S/C22H14Cl4FN3O3/c23-13-7-8-19(33-11-14-15(24)3-1-5-17(14)27)12(9-13)10-28-30-22(32)21(31)29-18-6-2-4-16(25)20(18)26/h1-10H,11H2,(H,29,31)(H,30,32)/b28-10-. The quantitative estimate of drug-likeness (QED) is 0.230. The van der Waals surface area contributed by atoms with Crippen molar-refractivity contribution < 1.29 is 18.7 Å². The van der Waals surface area contributed by atoms with Crippen LogP contribution in [0.2, 0.25) is 20.1 Å². The molecule has 33 heavy (non-hydrogen) atoms. The zero-order valence-electron chi connectivity index (χ0n) is 16.5. The fourth-order valence-electron chi connectivity index (χ4n) is 2.56. The van der Waals surface area contributed by atoms with Gasteiger partial charge in [0.1, 0.15) is 18.2 Å². The lowest BCUT2D eigenvalue weighted by Gasteiger charge is -2.11. The molecule has 3 aromatic rings. The predicted molar refractivity (Wildman–Crippen MR) is 128 cm³/mol. The lowest BCUT2D eigenvalue weighted by Crippen LogP contribution is -2.32. The summed E-state index contributed by atoms with van der Waals surface area (Å²) in [5.41, 5.74) is 2.81. The van der Waals surface area contributed by atoms with Crippen molar-refractivity contribution >= 4 is 70.1 Å². The molecular weight excluding hydrogens is 515 g/mol. The van der Waals surface area contributed by atoms with Crippen LogP contribution < -0.4 is 15.5 Å². The van der Waals surface area contributed by atoms with Crippen molar-refractivity contribution in [2.24, 2.45) is 5.10 Å². The SMILES string of the molecule is O=C(N/N=C\c1cc(Cl)ccc1OCc1c(F)cccc1Cl)C(=O)Nc1cccc(Cl)c1Cl. The molecule has 170 valence electrons. The second-order valence-electron chi connectivity index (χ2n) is 6.43. The van der Waals surface area contributed by atoms with Gasteiger partial charge >= 0.3 is 11.8 Å². The third-order valence-electron chi connectivity index (χ3n) is 4.18. The van der Waals surface area contributed by atoms with Gasteiger partial charge in [-0.2, -0.15) is 5.10 Å². The monoisotopic (exact) mass is 527 g/mol. The van der Waals surface area contributed by atoms with Crippen LogP contribution in [0.5, 0.6) is 5.75 Å². The minimum atomic E-state index is -1.05. The summed E-state index contributed by atoms with van der Waals surface area (Å²) in [4.78, 5) is 24.1. The second-order valence-corrected chi connectivity index (χ2v) is 8.05. The molecule has 0 unspecified atom stereocenters. The minimum absolute atomic E-state index is 0.0968. The Kier molecular flexibility index (Phi) is 8.52. The van der Waals surface area contributed by atoms with Crippen molar-refractivity contribution in [1.82, 2.24) is 5.43 Å². The molecular formula is C22H14Cl4FN3O3. The van der Waals surface area contributed by atoms with Crippen LogP contribution in [-0.2, 0) is 16.2 Å². The summed E-state index contributed by atoms with van der Waals surface area (Å²) in [6.07, 6.45) is 1.22. The molecule has 0 fully saturated rings. The number of nitrogens with zero attached hydrogens (tertiary/aromatic N) is 1. The average Bonchev–Trinajstić information content (AvgIpc) is 2.77. The summed E-state index contributed by atoms with van der Waals surface area (Å²) in [7, 11) is 0. The molecule has 11 heteroatoms. The maximum Gasteiger partial charge on any atom is 0.329 e. The van der Waals surface area contributed by atoms with E-state index in [4.69, 9.17) is 51.1 Å². The van der Waals surface area contributed by atoms with E-state index in [1.54, 1.807) is 24.3 Å². The molecule has 0 aliphatic carbocycles. The molecule has 0 saturated carbocycles. The van der Waals surface area contributed by atoms with Gasteiger partial charge in [0.05, 0.1) is 27.0 Å². The molecule has 0 bridgehead atoms. The van der Waals surface area contributed by atoms with E-state index in [-0.39, 0.29) is 32.9 Å². The minimum Gasteiger partial charge on any atom is -0.488 e. The predicted octanol–water partition coefficient (Wildman–Crippen LogP) is 6.11. The molecule has 0 spiro atoms. The summed E-state index contributed by atoms with van der Waals surface area (Å²) in [5.74, 6) is -2.27. The van der Waals surface area contributed by atoms with Crippen molar-refractivity contribution in [3.8, 4) is 5.75 Å². The first kappa shape index (κ1) is 24.8. The molecule has 0 aliphatic heterocycles. The Morgan fingerprint density at radius 2 is 1.70 bits per heavy atom. The summed E-state index contributed by atoms with van der Waals surface area (Å²) in [5, 5.41) is 6.99. The molecule has 0 aromatic heterocycles. The number of ether oxygens (including phenoxy) is 1. The first-order chi connectivity index (χ1) is 15.8. The topological polar surface area (TPSA) is 79.8 Å². The van der Waals surface area contributed by atoms with Gasteiger partial charge in [-0.05, 0) is 42.5 Å². The Bertz CT molecular complexity index is 1220. The van der Waals surface area contributed by atoms with E-state index in [1.807, 2.05) is 0 Å². The number of nitrogens with one attached hydrogen (secondary N) is 2. The van der Waals surface area contributed by atoms with Gasteiger partial charge in [0, 0.05) is 16.1 Å². The molecule has 0 saturated heterocycles. The van der Waals surface area contributed by atoms with Crippen molar-refractivity contribution in [1.29, 1.82) is 0 Å². The van der Waals surface area contributed by atoms with E-state index < -0.39 is 17.6 Å². The number of amides is 2. The van der Waals surface area contributed by atoms with Gasteiger partial charge in [-0.25, -0.2) is 9.82 Å². The zero-order chi connectivity index (χ0) is 24.0. The Balaban J connectivity index is 1.66. The zero-order valence-corrected chi connectivity index (χ0v) is 19.6. The summed E-state index contributed by atoms with van der Waals surface area (Å²) >= 11 is 23.9. The number of carbonyl (C=O) groups excluding carboxylic acids is 2. The summed E-state index contributed by atoms with van der Waals surface area (Å²) in [6.45, 7) is -0.150. The molecule has 3 aromatic carbocycles. The van der Waals surface area contributed by atoms with Gasteiger partial charge in [0.2, 0.25) is 0 Å². The van der Waals surface area contributed by atoms with Gasteiger partial charge in [-0.1, -0.05) is 58.5 Å². The maximum absolute atomic E-state index is 14.0. The Labute approximate surface area is 208 Å². The van der Waals surface area contributed by atoms with Gasteiger partial charge in [-0.15, -0.1) is 0 Å². The lowest BCUT2D eigenvalue weighted by atomic mass is 10.2. The van der Waals surface area contributed by atoms with Crippen molar-refractivity contribution in [2.75, 3.05) is 5.32 Å². The highest BCUT2D eigenvalue weighted by Crippen LogP contribution is 2.29. The third-order valence-corrected chi connectivity index (χ3v) is 5.59. The lowest BCUT2D eigenvalue weighted by molar-refractivity contribution is -0.136. The molecule has 3 rings (SSSR count). The average molecular weight is 529 g/mol. The molecule has 0 radical (unpaired) electrons. The van der Waals surface area contributed by atoms with Crippen LogP contribution in [0.25, 0.3) is 0 Å². The molecule has 2 N–H and O–H groups in total. The van der Waals surface area contributed by atoms with E-state index in [1.165, 1.54) is 36.5 Å². The molecule has 0 aliphatic rings. The van der Waals surface area contributed by atoms with Crippen LogP contribution in [0.15, 0.2) is 59.7 Å². The van der Waals surface area contributed by atoms with Gasteiger partial charge < -0.3 is 10.1 Å². The fourth-order valence-corrected chi connectivity index (χ4v) is 3.31. The Morgan fingerprint density at radius 1 is 0.970 bits per heavy atom. The maximum atomic E-state index is 14.0. The number of rotatable bonds is 6. The summed E-state index contributed by atoms with van der Waals surface area (Å²) in [6, 6.07) is 13.5. The summed E-state index contributed by atoms with van der Waals surface area (Å²) < 4.78 is 19.6. The van der Waals surface area contributed by atoms with Crippen molar-refractivity contribution in [2.45, 2.75) is 6.61 Å². The molecule has 2 amide bonds. The van der Waals surface area contributed by atoms with E-state index in [0.717, 1.165) is 0 Å². The molecule has 0 atom stereocenters.